The molecule has 0 saturated carbocycles. The molecule has 0 radical (unpaired) electrons. The van der Waals surface area contributed by atoms with E-state index in [9.17, 15) is 4.79 Å². The average Bonchev–Trinajstić information content (AvgIpc) is 2.09. The lowest BCUT2D eigenvalue weighted by Gasteiger charge is -2.19. The number of nitrogens with zero attached hydrogens (tertiary/aromatic N) is 1. The second-order valence-corrected chi connectivity index (χ2v) is 3.47. The summed E-state index contributed by atoms with van der Waals surface area (Å²) in [4.78, 5) is 14.5. The van der Waals surface area contributed by atoms with E-state index < -0.39 is 11.5 Å². The average molecular weight is 216 g/mol. The predicted octanol–water partition coefficient (Wildman–Crippen LogP) is 0.576. The molecule has 14 heavy (non-hydrogen) atoms. The number of halogens is 1. The maximum absolute atomic E-state index is 10.8. The van der Waals surface area contributed by atoms with E-state index in [1.54, 1.807) is 0 Å². The van der Waals surface area contributed by atoms with Crippen molar-refractivity contribution in [1.82, 2.24) is 4.98 Å². The van der Waals surface area contributed by atoms with Crippen molar-refractivity contribution in [1.29, 1.82) is 0 Å². The van der Waals surface area contributed by atoms with Crippen LogP contribution in [0, 0.1) is 0 Å². The van der Waals surface area contributed by atoms with Gasteiger partial charge < -0.3 is 16.6 Å². The summed E-state index contributed by atoms with van der Waals surface area (Å²) in [7, 11) is 0. The number of nitrogens with two attached hydrogens (primary N) is 2. The number of anilines is 1. The van der Waals surface area contributed by atoms with Gasteiger partial charge in [0, 0.05) is 11.8 Å². The van der Waals surface area contributed by atoms with E-state index in [2.05, 4.69) is 4.98 Å². The van der Waals surface area contributed by atoms with Gasteiger partial charge in [0.15, 0.2) is 5.15 Å². The normalized spacial score (nSPS) is 14.8. The Balaban J connectivity index is 3.21. The van der Waals surface area contributed by atoms with Crippen LogP contribution in [0.15, 0.2) is 12.3 Å². The molecular weight excluding hydrogens is 206 g/mol. The highest BCUT2D eigenvalue weighted by Crippen LogP contribution is 2.23. The molecule has 5 nitrogen and oxygen atoms in total. The van der Waals surface area contributed by atoms with Crippen molar-refractivity contribution in [2.24, 2.45) is 5.73 Å². The molecule has 6 heteroatoms. The topological polar surface area (TPSA) is 102 Å². The van der Waals surface area contributed by atoms with Gasteiger partial charge in [-0.2, -0.15) is 0 Å². The van der Waals surface area contributed by atoms with E-state index in [0.29, 0.717) is 5.56 Å². The largest absolute Gasteiger partial charge is 0.480 e. The first kappa shape index (κ1) is 10.7. The molecular formula is C8H10ClN3O2. The second-order valence-electron chi connectivity index (χ2n) is 3.11. The van der Waals surface area contributed by atoms with Crippen LogP contribution in [0.25, 0.3) is 0 Å². The summed E-state index contributed by atoms with van der Waals surface area (Å²) >= 11 is 5.59. The van der Waals surface area contributed by atoms with Crippen molar-refractivity contribution in [2.75, 3.05) is 5.73 Å². The summed E-state index contributed by atoms with van der Waals surface area (Å²) in [6.45, 7) is 1.36. The van der Waals surface area contributed by atoms with Crippen molar-refractivity contribution in [3.05, 3.63) is 23.0 Å². The SMILES string of the molecule is C[C@](N)(C(=O)O)c1cnc(Cl)c(N)c1. The Morgan fingerprint density at radius 2 is 2.29 bits per heavy atom. The first-order valence-electron chi connectivity index (χ1n) is 3.79. The van der Waals surface area contributed by atoms with Crippen molar-refractivity contribution >= 4 is 23.3 Å². The highest BCUT2D eigenvalue weighted by molar-refractivity contribution is 6.31. The first-order chi connectivity index (χ1) is 6.35. The first-order valence-corrected chi connectivity index (χ1v) is 4.17. The minimum Gasteiger partial charge on any atom is -0.480 e. The number of carbonyl (C=O) groups is 1. The fourth-order valence-electron chi connectivity index (χ4n) is 0.873. The van der Waals surface area contributed by atoms with Crippen molar-refractivity contribution in [3.63, 3.8) is 0 Å². The van der Waals surface area contributed by atoms with E-state index in [-0.39, 0.29) is 10.8 Å². The second kappa shape index (κ2) is 3.43. The number of aromatic nitrogens is 1. The molecule has 0 bridgehead atoms. The van der Waals surface area contributed by atoms with Crippen LogP contribution >= 0.6 is 11.6 Å². The Kier molecular flexibility index (Phi) is 2.64. The third-order valence-corrected chi connectivity index (χ3v) is 2.23. The van der Waals surface area contributed by atoms with Crippen LogP contribution in [0.1, 0.15) is 12.5 Å². The van der Waals surface area contributed by atoms with Crippen LogP contribution in [0.2, 0.25) is 5.15 Å². The predicted molar refractivity (Wildman–Crippen MR) is 52.8 cm³/mol. The van der Waals surface area contributed by atoms with Crippen LogP contribution in [0.5, 0.6) is 0 Å². The Morgan fingerprint density at radius 3 is 2.71 bits per heavy atom. The number of carboxylic acids is 1. The summed E-state index contributed by atoms with van der Waals surface area (Å²) in [6.07, 6.45) is 1.30. The molecule has 1 aromatic heterocycles. The number of nitrogen functional groups attached to an aromatic ring is 1. The Morgan fingerprint density at radius 1 is 1.71 bits per heavy atom. The van der Waals surface area contributed by atoms with Crippen LogP contribution in [0.4, 0.5) is 5.69 Å². The lowest BCUT2D eigenvalue weighted by atomic mass is 9.95. The van der Waals surface area contributed by atoms with Crippen LogP contribution in [-0.4, -0.2) is 16.1 Å². The summed E-state index contributed by atoms with van der Waals surface area (Å²) in [5.74, 6) is -1.15. The van der Waals surface area contributed by atoms with Gasteiger partial charge in [-0.3, -0.25) is 0 Å². The van der Waals surface area contributed by atoms with Gasteiger partial charge in [-0.1, -0.05) is 11.6 Å². The molecule has 0 saturated heterocycles. The minimum absolute atomic E-state index is 0.134. The van der Waals surface area contributed by atoms with Gasteiger partial charge in [-0.05, 0) is 13.0 Å². The lowest BCUT2D eigenvalue weighted by molar-refractivity contribution is -0.143. The fraction of sp³-hybridized carbons (Fsp3) is 0.250. The quantitative estimate of drug-likeness (QED) is 0.626. The molecule has 5 N–H and O–H groups in total. The lowest BCUT2D eigenvalue weighted by Crippen LogP contribution is -2.41. The van der Waals surface area contributed by atoms with E-state index in [1.807, 2.05) is 0 Å². The molecule has 76 valence electrons. The van der Waals surface area contributed by atoms with Gasteiger partial charge in [0.25, 0.3) is 0 Å². The van der Waals surface area contributed by atoms with Gasteiger partial charge in [0.1, 0.15) is 5.54 Å². The zero-order chi connectivity index (χ0) is 10.9. The molecule has 0 aliphatic carbocycles. The van der Waals surface area contributed by atoms with Crippen LogP contribution < -0.4 is 11.5 Å². The van der Waals surface area contributed by atoms with Crippen LogP contribution in [-0.2, 0) is 10.3 Å². The number of rotatable bonds is 2. The molecule has 0 fully saturated rings. The molecule has 1 aromatic rings. The number of hydrogen-bond acceptors (Lipinski definition) is 4. The van der Waals surface area contributed by atoms with Crippen molar-refractivity contribution in [2.45, 2.75) is 12.5 Å². The van der Waals surface area contributed by atoms with Gasteiger partial charge in [0.05, 0.1) is 5.69 Å². The van der Waals surface area contributed by atoms with E-state index in [1.165, 1.54) is 19.2 Å². The van der Waals surface area contributed by atoms with E-state index in [4.69, 9.17) is 28.2 Å². The third kappa shape index (κ3) is 1.78. The molecule has 1 atom stereocenters. The number of pyridine rings is 1. The van der Waals surface area contributed by atoms with Gasteiger partial charge in [-0.15, -0.1) is 0 Å². The zero-order valence-corrected chi connectivity index (χ0v) is 8.25. The van der Waals surface area contributed by atoms with Gasteiger partial charge in [-0.25, -0.2) is 9.78 Å². The standard InChI is InChI=1S/C8H10ClN3O2/c1-8(11,7(13)14)4-2-5(10)6(9)12-3-4/h2-3H,10-11H2,1H3,(H,13,14)/t8-/m1/s1. The van der Waals surface area contributed by atoms with Gasteiger partial charge >= 0.3 is 5.97 Å². The summed E-state index contributed by atoms with van der Waals surface area (Å²) in [6, 6.07) is 1.41. The van der Waals surface area contributed by atoms with Gasteiger partial charge in [0.2, 0.25) is 0 Å². The fourth-order valence-corrected chi connectivity index (χ4v) is 0.976. The summed E-state index contributed by atoms with van der Waals surface area (Å²) in [5.41, 5.74) is 10.1. The Hall–Kier alpha value is -1.33. The number of hydrogen-bond donors (Lipinski definition) is 3. The zero-order valence-electron chi connectivity index (χ0n) is 7.49. The number of carboxylic acid groups (broad SMARTS) is 1. The molecule has 1 rings (SSSR count). The molecule has 0 aliphatic heterocycles. The maximum Gasteiger partial charge on any atom is 0.328 e. The highest BCUT2D eigenvalue weighted by Gasteiger charge is 2.30. The van der Waals surface area contributed by atoms with Crippen LogP contribution in [0.3, 0.4) is 0 Å². The molecule has 0 amide bonds. The third-order valence-electron chi connectivity index (χ3n) is 1.91. The van der Waals surface area contributed by atoms with Crippen molar-refractivity contribution < 1.29 is 9.90 Å². The molecule has 0 aromatic carbocycles. The minimum atomic E-state index is -1.51. The maximum atomic E-state index is 10.8. The summed E-state index contributed by atoms with van der Waals surface area (Å²) in [5, 5.41) is 8.96. The molecule has 0 unspecified atom stereocenters. The monoisotopic (exact) mass is 215 g/mol. The Bertz CT molecular complexity index is 379. The Labute approximate surface area is 85.7 Å². The van der Waals surface area contributed by atoms with E-state index >= 15 is 0 Å². The van der Waals surface area contributed by atoms with E-state index in [0.717, 1.165) is 0 Å². The number of aliphatic carboxylic acids is 1. The van der Waals surface area contributed by atoms with Crippen molar-refractivity contribution in [3.8, 4) is 0 Å². The smallest absolute Gasteiger partial charge is 0.328 e. The molecule has 0 aliphatic rings. The summed E-state index contributed by atoms with van der Waals surface area (Å²) < 4.78 is 0. The highest BCUT2D eigenvalue weighted by atomic mass is 35.5. The molecule has 0 spiro atoms. The molecule has 1 heterocycles.